The smallest absolute Gasteiger partial charge is 0.410 e. The van der Waals surface area contributed by atoms with E-state index in [0.717, 1.165) is 23.2 Å². The van der Waals surface area contributed by atoms with Gasteiger partial charge >= 0.3 is 6.09 Å². The predicted octanol–water partition coefficient (Wildman–Crippen LogP) is 3.21. The van der Waals surface area contributed by atoms with E-state index >= 15 is 0 Å². The average molecular weight is 355 g/mol. The van der Waals surface area contributed by atoms with Crippen molar-refractivity contribution >= 4 is 6.09 Å². The molecule has 6 heteroatoms. The van der Waals surface area contributed by atoms with Gasteiger partial charge in [-0.15, -0.1) is 0 Å². The average Bonchev–Trinajstić information content (AvgIpc) is 3.13. The lowest BCUT2D eigenvalue weighted by molar-refractivity contribution is -0.0626. The van der Waals surface area contributed by atoms with Gasteiger partial charge in [-0.05, 0) is 39.2 Å². The van der Waals surface area contributed by atoms with Crippen LogP contribution in [-0.2, 0) is 4.74 Å². The molecule has 26 heavy (non-hydrogen) atoms. The van der Waals surface area contributed by atoms with Crippen molar-refractivity contribution in [1.29, 1.82) is 0 Å². The van der Waals surface area contributed by atoms with Gasteiger partial charge in [0.1, 0.15) is 11.2 Å². The third kappa shape index (κ3) is 2.78. The monoisotopic (exact) mass is 355 g/mol. The molecule has 1 aromatic heterocycles. The minimum absolute atomic E-state index is 0.249. The quantitative estimate of drug-likeness (QED) is 0.853. The molecule has 2 aliphatic heterocycles. The van der Waals surface area contributed by atoms with Crippen LogP contribution in [0.15, 0.2) is 36.8 Å². The van der Waals surface area contributed by atoms with Gasteiger partial charge in [0.2, 0.25) is 0 Å². The SMILES string of the molecule is CC(C)(C)OC(=O)N1CCC[C@](O)([C@@H]2c3ccccc3-c3cncn32)C1. The van der Waals surface area contributed by atoms with Crippen LogP contribution in [0.25, 0.3) is 11.3 Å². The van der Waals surface area contributed by atoms with E-state index < -0.39 is 11.2 Å². The number of carbonyl (C=O) groups excluding carboxylic acids is 1. The Morgan fingerprint density at radius 3 is 2.88 bits per heavy atom. The molecule has 6 nitrogen and oxygen atoms in total. The fourth-order valence-corrected chi connectivity index (χ4v) is 4.16. The molecule has 1 fully saturated rings. The number of β-amino-alcohol motifs (C(OH)–C–C–N with tert-alkyl or cyclic N) is 1. The summed E-state index contributed by atoms with van der Waals surface area (Å²) < 4.78 is 7.54. The van der Waals surface area contributed by atoms with Gasteiger partial charge in [0.15, 0.2) is 0 Å². The van der Waals surface area contributed by atoms with Gasteiger partial charge in [-0.2, -0.15) is 0 Å². The molecular formula is C20H25N3O3. The number of rotatable bonds is 1. The number of ether oxygens (including phenoxy) is 1. The second kappa shape index (κ2) is 5.84. The molecule has 2 aliphatic rings. The fourth-order valence-electron chi connectivity index (χ4n) is 4.16. The highest BCUT2D eigenvalue weighted by Gasteiger charge is 2.47. The first-order chi connectivity index (χ1) is 12.3. The number of amides is 1. The van der Waals surface area contributed by atoms with Gasteiger partial charge in [-0.25, -0.2) is 9.78 Å². The minimum Gasteiger partial charge on any atom is -0.444 e. The Labute approximate surface area is 153 Å². The first-order valence-electron chi connectivity index (χ1n) is 9.10. The molecule has 1 aromatic carbocycles. The van der Waals surface area contributed by atoms with E-state index in [2.05, 4.69) is 17.1 Å². The lowest BCUT2D eigenvalue weighted by Crippen LogP contribution is -2.55. The summed E-state index contributed by atoms with van der Waals surface area (Å²) in [5.41, 5.74) is 1.58. The number of hydrogen-bond donors (Lipinski definition) is 1. The second-order valence-corrected chi connectivity index (χ2v) is 8.28. The number of nitrogens with zero attached hydrogens (tertiary/aromatic N) is 3. The van der Waals surface area contributed by atoms with Crippen LogP contribution in [0.1, 0.15) is 45.2 Å². The standard InChI is InChI=1S/C20H25N3O3/c1-19(2,3)26-18(24)22-10-6-9-20(25,12-22)17-15-8-5-4-7-14(15)16-11-21-13-23(16)17/h4-5,7-8,11,13,17,25H,6,9-10,12H2,1-3H3/t17-,20+/m0/s1. The Morgan fingerprint density at radius 2 is 2.12 bits per heavy atom. The molecule has 2 aromatic rings. The Balaban J connectivity index is 1.66. The number of aromatic nitrogens is 2. The van der Waals surface area contributed by atoms with Crippen molar-refractivity contribution < 1.29 is 14.6 Å². The van der Waals surface area contributed by atoms with Crippen molar-refractivity contribution in [2.24, 2.45) is 0 Å². The molecule has 0 spiro atoms. The third-order valence-corrected chi connectivity index (χ3v) is 5.14. The van der Waals surface area contributed by atoms with Crippen molar-refractivity contribution in [3.8, 4) is 11.3 Å². The maximum Gasteiger partial charge on any atom is 0.410 e. The molecule has 138 valence electrons. The zero-order chi connectivity index (χ0) is 18.5. The fraction of sp³-hybridized carbons (Fsp3) is 0.500. The summed E-state index contributed by atoms with van der Waals surface area (Å²) in [6, 6.07) is 7.85. The van der Waals surface area contributed by atoms with Crippen LogP contribution in [0, 0.1) is 0 Å². The van der Waals surface area contributed by atoms with Gasteiger partial charge < -0.3 is 19.3 Å². The van der Waals surface area contributed by atoms with E-state index in [1.807, 2.05) is 43.7 Å². The maximum atomic E-state index is 12.5. The molecule has 0 aliphatic carbocycles. The van der Waals surface area contributed by atoms with E-state index in [9.17, 15) is 9.90 Å². The van der Waals surface area contributed by atoms with Crippen LogP contribution in [0.3, 0.4) is 0 Å². The molecule has 0 bridgehead atoms. The lowest BCUT2D eigenvalue weighted by Gasteiger charge is -2.43. The zero-order valence-electron chi connectivity index (χ0n) is 15.5. The van der Waals surface area contributed by atoms with Crippen LogP contribution < -0.4 is 0 Å². The van der Waals surface area contributed by atoms with E-state index in [0.29, 0.717) is 13.0 Å². The van der Waals surface area contributed by atoms with Crippen LogP contribution in [0.5, 0.6) is 0 Å². The normalized spacial score (nSPS) is 24.9. The Hall–Kier alpha value is -2.34. The number of aliphatic hydroxyl groups is 1. The lowest BCUT2D eigenvalue weighted by atomic mass is 9.82. The number of hydrogen-bond acceptors (Lipinski definition) is 4. The zero-order valence-corrected chi connectivity index (χ0v) is 15.5. The van der Waals surface area contributed by atoms with Crippen molar-refractivity contribution in [3.63, 3.8) is 0 Å². The summed E-state index contributed by atoms with van der Waals surface area (Å²) in [5, 5.41) is 11.6. The van der Waals surface area contributed by atoms with E-state index in [1.54, 1.807) is 11.2 Å². The second-order valence-electron chi connectivity index (χ2n) is 8.28. The van der Waals surface area contributed by atoms with Crippen molar-refractivity contribution in [2.45, 2.75) is 50.9 Å². The summed E-state index contributed by atoms with van der Waals surface area (Å²) >= 11 is 0. The molecule has 0 unspecified atom stereocenters. The Kier molecular flexibility index (Phi) is 3.84. The number of fused-ring (bicyclic) bond motifs is 3. The van der Waals surface area contributed by atoms with Crippen LogP contribution in [0.2, 0.25) is 0 Å². The van der Waals surface area contributed by atoms with Gasteiger partial charge in [0, 0.05) is 12.1 Å². The minimum atomic E-state index is -1.06. The highest BCUT2D eigenvalue weighted by molar-refractivity contribution is 5.70. The van der Waals surface area contributed by atoms with Crippen LogP contribution in [-0.4, -0.2) is 49.9 Å². The molecule has 0 radical (unpaired) electrons. The number of piperidine rings is 1. The highest BCUT2D eigenvalue weighted by Crippen LogP contribution is 2.47. The molecule has 1 N–H and O–H groups in total. The molecule has 1 saturated heterocycles. The number of imidazole rings is 1. The van der Waals surface area contributed by atoms with Crippen LogP contribution >= 0.6 is 0 Å². The number of benzene rings is 1. The highest BCUT2D eigenvalue weighted by atomic mass is 16.6. The van der Waals surface area contributed by atoms with E-state index in [1.165, 1.54) is 0 Å². The molecule has 0 saturated carbocycles. The van der Waals surface area contributed by atoms with Gasteiger partial charge in [-0.3, -0.25) is 0 Å². The Bertz CT molecular complexity index is 839. The third-order valence-electron chi connectivity index (χ3n) is 5.14. The van der Waals surface area contributed by atoms with Gasteiger partial charge in [0.05, 0.1) is 30.8 Å². The summed E-state index contributed by atoms with van der Waals surface area (Å²) in [4.78, 5) is 18.4. The first kappa shape index (κ1) is 17.1. The summed E-state index contributed by atoms with van der Waals surface area (Å²) in [6.07, 6.45) is 4.59. The van der Waals surface area contributed by atoms with Crippen LogP contribution in [0.4, 0.5) is 4.79 Å². The Morgan fingerprint density at radius 1 is 1.35 bits per heavy atom. The first-order valence-corrected chi connectivity index (χ1v) is 9.10. The molecule has 3 heterocycles. The topological polar surface area (TPSA) is 67.6 Å². The van der Waals surface area contributed by atoms with E-state index in [-0.39, 0.29) is 18.7 Å². The summed E-state index contributed by atoms with van der Waals surface area (Å²) in [7, 11) is 0. The molecule has 4 rings (SSSR count). The van der Waals surface area contributed by atoms with Crippen molar-refractivity contribution in [2.75, 3.05) is 13.1 Å². The van der Waals surface area contributed by atoms with Gasteiger partial charge in [0.25, 0.3) is 0 Å². The summed E-state index contributed by atoms with van der Waals surface area (Å²) in [6.45, 7) is 6.41. The molecular weight excluding hydrogens is 330 g/mol. The number of likely N-dealkylation sites (tertiary alicyclic amines) is 1. The number of carbonyl (C=O) groups is 1. The van der Waals surface area contributed by atoms with Crippen molar-refractivity contribution in [3.05, 3.63) is 42.4 Å². The largest absolute Gasteiger partial charge is 0.444 e. The van der Waals surface area contributed by atoms with Crippen molar-refractivity contribution in [1.82, 2.24) is 14.5 Å². The molecule has 1 amide bonds. The summed E-state index contributed by atoms with van der Waals surface area (Å²) in [5.74, 6) is 0. The predicted molar refractivity (Wildman–Crippen MR) is 97.8 cm³/mol. The van der Waals surface area contributed by atoms with Gasteiger partial charge in [-0.1, -0.05) is 24.3 Å². The van der Waals surface area contributed by atoms with E-state index in [4.69, 9.17) is 4.74 Å². The maximum absolute atomic E-state index is 12.5. The molecule has 2 atom stereocenters.